The summed E-state index contributed by atoms with van der Waals surface area (Å²) in [6.45, 7) is 0.526. The van der Waals surface area contributed by atoms with E-state index in [2.05, 4.69) is 4.72 Å². The Bertz CT molecular complexity index is 282. The smallest absolute Gasteiger partial charge is 0.211 e. The van der Waals surface area contributed by atoms with Crippen molar-refractivity contribution in [2.45, 2.75) is 31.7 Å². The van der Waals surface area contributed by atoms with Crippen LogP contribution >= 0.6 is 11.6 Å². The first-order chi connectivity index (χ1) is 7.03. The average Bonchev–Trinajstić information content (AvgIpc) is 2.59. The van der Waals surface area contributed by atoms with Gasteiger partial charge < -0.3 is 5.73 Å². The maximum absolute atomic E-state index is 11.4. The number of rotatable bonds is 6. The van der Waals surface area contributed by atoms with E-state index in [-0.39, 0.29) is 11.8 Å². The molecule has 1 saturated carbocycles. The van der Waals surface area contributed by atoms with Crippen LogP contribution < -0.4 is 10.5 Å². The first kappa shape index (κ1) is 13.2. The third-order valence-corrected chi connectivity index (χ3v) is 4.42. The van der Waals surface area contributed by atoms with E-state index in [0.29, 0.717) is 24.8 Å². The number of hydrogen-bond donors (Lipinski definition) is 2. The molecule has 2 unspecified atom stereocenters. The molecule has 0 amide bonds. The summed E-state index contributed by atoms with van der Waals surface area (Å²) in [4.78, 5) is 0. The normalized spacial score (nSPS) is 27.1. The Hall–Kier alpha value is 0.160. The van der Waals surface area contributed by atoms with Gasteiger partial charge in [0.2, 0.25) is 10.0 Å². The number of hydrogen-bond acceptors (Lipinski definition) is 3. The van der Waals surface area contributed by atoms with Gasteiger partial charge in [-0.2, -0.15) is 0 Å². The van der Waals surface area contributed by atoms with E-state index in [9.17, 15) is 8.42 Å². The van der Waals surface area contributed by atoms with Crippen LogP contribution in [0.4, 0.5) is 0 Å². The number of alkyl halides is 1. The monoisotopic (exact) mass is 254 g/mol. The number of nitrogens with one attached hydrogen (secondary N) is 1. The van der Waals surface area contributed by atoms with Crippen LogP contribution in [-0.4, -0.2) is 32.6 Å². The molecule has 0 aromatic rings. The Morgan fingerprint density at radius 1 is 1.40 bits per heavy atom. The van der Waals surface area contributed by atoms with E-state index in [1.165, 1.54) is 0 Å². The molecular formula is C9H19ClN2O2S. The van der Waals surface area contributed by atoms with E-state index in [1.54, 1.807) is 0 Å². The van der Waals surface area contributed by atoms with Gasteiger partial charge in [0, 0.05) is 18.5 Å². The van der Waals surface area contributed by atoms with Crippen LogP contribution in [0.25, 0.3) is 0 Å². The van der Waals surface area contributed by atoms with Gasteiger partial charge in [-0.15, -0.1) is 11.6 Å². The lowest BCUT2D eigenvalue weighted by molar-refractivity contribution is 0.512. The summed E-state index contributed by atoms with van der Waals surface area (Å²) in [5, 5.41) is 0. The first-order valence-electron chi connectivity index (χ1n) is 5.32. The minimum absolute atomic E-state index is 0.120. The zero-order valence-electron chi connectivity index (χ0n) is 8.78. The minimum atomic E-state index is -3.12. The Morgan fingerprint density at radius 2 is 2.13 bits per heavy atom. The molecule has 3 N–H and O–H groups in total. The third kappa shape index (κ3) is 5.15. The lowest BCUT2D eigenvalue weighted by atomic mass is 10.1. The second kappa shape index (κ2) is 6.03. The van der Waals surface area contributed by atoms with Crippen LogP contribution in [-0.2, 0) is 10.0 Å². The highest BCUT2D eigenvalue weighted by molar-refractivity contribution is 7.89. The second-order valence-electron chi connectivity index (χ2n) is 4.15. The molecule has 15 heavy (non-hydrogen) atoms. The van der Waals surface area contributed by atoms with Gasteiger partial charge in [-0.05, 0) is 31.6 Å². The van der Waals surface area contributed by atoms with Crippen molar-refractivity contribution in [3.63, 3.8) is 0 Å². The molecule has 2 atom stereocenters. The summed E-state index contributed by atoms with van der Waals surface area (Å²) in [6.07, 6.45) is 3.46. The summed E-state index contributed by atoms with van der Waals surface area (Å²) in [6, 6.07) is 0.252. The molecule has 1 aliphatic carbocycles. The Labute approximate surface area is 96.6 Å². The number of halogens is 1. The van der Waals surface area contributed by atoms with E-state index in [0.717, 1.165) is 19.3 Å². The van der Waals surface area contributed by atoms with Crippen molar-refractivity contribution in [3.05, 3.63) is 0 Å². The molecule has 1 aliphatic rings. The minimum Gasteiger partial charge on any atom is -0.328 e. The quantitative estimate of drug-likeness (QED) is 0.684. The molecule has 4 nitrogen and oxygen atoms in total. The molecule has 1 fully saturated rings. The van der Waals surface area contributed by atoms with Gasteiger partial charge in [0.15, 0.2) is 0 Å². The van der Waals surface area contributed by atoms with Gasteiger partial charge in [0.1, 0.15) is 0 Å². The van der Waals surface area contributed by atoms with Crippen molar-refractivity contribution in [2.24, 2.45) is 11.7 Å². The molecule has 0 aromatic carbocycles. The van der Waals surface area contributed by atoms with Crippen molar-refractivity contribution in [1.29, 1.82) is 0 Å². The molecule has 1 rings (SSSR count). The largest absolute Gasteiger partial charge is 0.328 e. The maximum Gasteiger partial charge on any atom is 0.211 e. The molecule has 0 spiro atoms. The molecular weight excluding hydrogens is 236 g/mol. The first-order valence-corrected chi connectivity index (χ1v) is 7.51. The fourth-order valence-electron chi connectivity index (χ4n) is 1.86. The van der Waals surface area contributed by atoms with Gasteiger partial charge in [-0.1, -0.05) is 0 Å². The predicted molar refractivity (Wildman–Crippen MR) is 62.4 cm³/mol. The zero-order valence-corrected chi connectivity index (χ0v) is 10.4. The van der Waals surface area contributed by atoms with Crippen molar-refractivity contribution in [1.82, 2.24) is 4.72 Å². The summed E-state index contributed by atoms with van der Waals surface area (Å²) in [5.74, 6) is 0.913. The van der Waals surface area contributed by atoms with Gasteiger partial charge in [0.25, 0.3) is 0 Å². The van der Waals surface area contributed by atoms with Crippen LogP contribution in [0.2, 0.25) is 0 Å². The highest BCUT2D eigenvalue weighted by atomic mass is 35.5. The van der Waals surface area contributed by atoms with Crippen molar-refractivity contribution >= 4 is 21.6 Å². The lowest BCUT2D eigenvalue weighted by Crippen LogP contribution is -2.31. The van der Waals surface area contributed by atoms with Gasteiger partial charge in [0.05, 0.1) is 5.75 Å². The van der Waals surface area contributed by atoms with E-state index in [4.69, 9.17) is 17.3 Å². The summed E-state index contributed by atoms with van der Waals surface area (Å²) >= 11 is 5.45. The van der Waals surface area contributed by atoms with E-state index >= 15 is 0 Å². The SMILES string of the molecule is NC1CCC(CNS(=O)(=O)CCCCl)C1. The topological polar surface area (TPSA) is 72.2 Å². The van der Waals surface area contributed by atoms with Gasteiger partial charge in [-0.3, -0.25) is 0 Å². The standard InChI is InChI=1S/C9H19ClN2O2S/c10-4-1-5-15(13,14)12-7-8-2-3-9(11)6-8/h8-9,12H,1-7,11H2. The molecule has 0 aromatic heterocycles. The van der Waals surface area contributed by atoms with Crippen molar-refractivity contribution < 1.29 is 8.42 Å². The second-order valence-corrected chi connectivity index (χ2v) is 6.45. The van der Waals surface area contributed by atoms with E-state index < -0.39 is 10.0 Å². The maximum atomic E-state index is 11.4. The van der Waals surface area contributed by atoms with Crippen LogP contribution in [0.15, 0.2) is 0 Å². The Morgan fingerprint density at radius 3 is 2.67 bits per heavy atom. The van der Waals surface area contributed by atoms with Crippen molar-refractivity contribution in [3.8, 4) is 0 Å². The molecule has 0 heterocycles. The third-order valence-electron chi connectivity index (χ3n) is 2.72. The van der Waals surface area contributed by atoms with Crippen LogP contribution in [0.5, 0.6) is 0 Å². The summed E-state index contributed by atoms with van der Waals surface area (Å²) in [7, 11) is -3.12. The van der Waals surface area contributed by atoms with Crippen LogP contribution in [0, 0.1) is 5.92 Å². The number of sulfonamides is 1. The summed E-state index contributed by atoms with van der Waals surface area (Å²) < 4.78 is 25.5. The predicted octanol–water partition coefficient (Wildman–Crippen LogP) is 0.662. The molecule has 0 bridgehead atoms. The Balaban J connectivity index is 2.24. The van der Waals surface area contributed by atoms with Crippen LogP contribution in [0.3, 0.4) is 0 Å². The Kier molecular flexibility index (Phi) is 5.32. The average molecular weight is 255 g/mol. The highest BCUT2D eigenvalue weighted by Crippen LogP contribution is 2.23. The molecule has 0 aliphatic heterocycles. The highest BCUT2D eigenvalue weighted by Gasteiger charge is 2.22. The van der Waals surface area contributed by atoms with Crippen LogP contribution in [0.1, 0.15) is 25.7 Å². The zero-order chi connectivity index (χ0) is 11.3. The molecule has 0 radical (unpaired) electrons. The fourth-order valence-corrected chi connectivity index (χ4v) is 3.31. The summed E-state index contributed by atoms with van der Waals surface area (Å²) in [5.41, 5.74) is 5.75. The van der Waals surface area contributed by atoms with Gasteiger partial charge >= 0.3 is 0 Å². The molecule has 0 saturated heterocycles. The number of nitrogens with two attached hydrogens (primary N) is 1. The molecule has 90 valence electrons. The van der Waals surface area contributed by atoms with Crippen molar-refractivity contribution in [2.75, 3.05) is 18.2 Å². The van der Waals surface area contributed by atoms with Gasteiger partial charge in [-0.25, -0.2) is 13.1 Å². The lowest BCUT2D eigenvalue weighted by Gasteiger charge is -2.11. The van der Waals surface area contributed by atoms with E-state index in [1.807, 2.05) is 0 Å². The fraction of sp³-hybridized carbons (Fsp3) is 1.00. The molecule has 6 heteroatoms.